The van der Waals surface area contributed by atoms with Crippen molar-refractivity contribution < 1.29 is 8.42 Å². The summed E-state index contributed by atoms with van der Waals surface area (Å²) in [6.07, 6.45) is 0. The molecule has 2 aromatic rings. The Hall–Kier alpha value is -1.37. The lowest BCUT2D eigenvalue weighted by Gasteiger charge is -2.09. The molecule has 0 radical (unpaired) electrons. The topological polar surface area (TPSA) is 72.2 Å². The van der Waals surface area contributed by atoms with E-state index in [-0.39, 0.29) is 4.90 Å². The number of anilines is 1. The molecule has 0 atom stereocenters. The predicted octanol–water partition coefficient (Wildman–Crippen LogP) is 2.32. The fourth-order valence-corrected chi connectivity index (χ4v) is 3.09. The van der Waals surface area contributed by atoms with Crippen LogP contribution in [0.15, 0.2) is 39.9 Å². The average molecular weight is 282 g/mol. The van der Waals surface area contributed by atoms with E-state index in [1.165, 1.54) is 0 Å². The van der Waals surface area contributed by atoms with Crippen LogP contribution < -0.4 is 10.5 Å². The van der Waals surface area contributed by atoms with Gasteiger partial charge in [-0.2, -0.15) is 11.3 Å². The van der Waals surface area contributed by atoms with Gasteiger partial charge in [-0.25, -0.2) is 13.6 Å². The monoisotopic (exact) mass is 282 g/mol. The molecule has 96 valence electrons. The third-order valence-electron chi connectivity index (χ3n) is 2.57. The fourth-order valence-electron chi connectivity index (χ4n) is 1.61. The molecule has 4 nitrogen and oxygen atoms in total. The highest BCUT2D eigenvalue weighted by atomic mass is 32.2. The Labute approximate surface area is 111 Å². The van der Waals surface area contributed by atoms with E-state index in [2.05, 4.69) is 5.32 Å². The van der Waals surface area contributed by atoms with Gasteiger partial charge in [0.05, 0.1) is 4.90 Å². The second-order valence-electron chi connectivity index (χ2n) is 4.01. The van der Waals surface area contributed by atoms with Gasteiger partial charge in [0.2, 0.25) is 10.0 Å². The summed E-state index contributed by atoms with van der Waals surface area (Å²) in [5.41, 5.74) is 2.56. The van der Waals surface area contributed by atoms with Gasteiger partial charge in [0, 0.05) is 12.2 Å². The summed E-state index contributed by atoms with van der Waals surface area (Å²) in [4.78, 5) is 0.165. The van der Waals surface area contributed by atoms with Gasteiger partial charge in [-0.15, -0.1) is 0 Å². The summed E-state index contributed by atoms with van der Waals surface area (Å²) in [6, 6.07) is 7.18. The standard InChI is InChI=1S/C12H14N2O2S2/c1-9-2-3-11(6-12(9)18(13,15)16)14-7-10-4-5-17-8-10/h2-6,8,14H,7H2,1H3,(H2,13,15,16). The first kappa shape index (κ1) is 13.1. The minimum Gasteiger partial charge on any atom is -0.381 e. The van der Waals surface area contributed by atoms with Crippen LogP contribution in [0.5, 0.6) is 0 Å². The number of nitrogens with one attached hydrogen (secondary N) is 1. The number of rotatable bonds is 4. The first-order valence-electron chi connectivity index (χ1n) is 5.35. The number of hydrogen-bond acceptors (Lipinski definition) is 4. The van der Waals surface area contributed by atoms with E-state index in [4.69, 9.17) is 5.14 Å². The van der Waals surface area contributed by atoms with Crippen molar-refractivity contribution in [3.05, 3.63) is 46.2 Å². The van der Waals surface area contributed by atoms with Crippen molar-refractivity contribution in [1.82, 2.24) is 0 Å². The molecule has 0 saturated carbocycles. The zero-order chi connectivity index (χ0) is 13.2. The number of thiophene rings is 1. The summed E-state index contributed by atoms with van der Waals surface area (Å²) >= 11 is 1.63. The number of nitrogens with two attached hydrogens (primary N) is 1. The van der Waals surface area contributed by atoms with Crippen molar-refractivity contribution in [3.8, 4) is 0 Å². The van der Waals surface area contributed by atoms with E-state index < -0.39 is 10.0 Å². The summed E-state index contributed by atoms with van der Waals surface area (Å²) < 4.78 is 22.8. The molecule has 0 aliphatic heterocycles. The molecule has 0 fully saturated rings. The van der Waals surface area contributed by atoms with Crippen molar-refractivity contribution in [3.63, 3.8) is 0 Å². The molecule has 1 aromatic carbocycles. The first-order chi connectivity index (χ1) is 8.47. The van der Waals surface area contributed by atoms with Gasteiger partial charge in [0.1, 0.15) is 0 Å². The summed E-state index contributed by atoms with van der Waals surface area (Å²) in [5, 5.41) is 12.4. The third-order valence-corrected chi connectivity index (χ3v) is 4.36. The lowest BCUT2D eigenvalue weighted by molar-refractivity contribution is 0.597. The molecule has 3 N–H and O–H groups in total. The molecule has 0 spiro atoms. The summed E-state index contributed by atoms with van der Waals surface area (Å²) in [5.74, 6) is 0. The van der Waals surface area contributed by atoms with Crippen LogP contribution in [0.2, 0.25) is 0 Å². The van der Waals surface area contributed by atoms with Crippen LogP contribution in [0.1, 0.15) is 11.1 Å². The molecular weight excluding hydrogens is 268 g/mol. The average Bonchev–Trinajstić information content (AvgIpc) is 2.79. The van der Waals surface area contributed by atoms with E-state index in [1.807, 2.05) is 22.9 Å². The fraction of sp³-hybridized carbons (Fsp3) is 0.167. The van der Waals surface area contributed by atoms with Crippen LogP contribution in [0.3, 0.4) is 0 Å². The van der Waals surface area contributed by atoms with Crippen molar-refractivity contribution in [2.45, 2.75) is 18.4 Å². The normalized spacial score (nSPS) is 11.4. The molecule has 18 heavy (non-hydrogen) atoms. The summed E-state index contributed by atoms with van der Waals surface area (Å²) in [6.45, 7) is 2.39. The minimum absolute atomic E-state index is 0.165. The van der Waals surface area contributed by atoms with Crippen molar-refractivity contribution in [2.75, 3.05) is 5.32 Å². The van der Waals surface area contributed by atoms with Crippen LogP contribution in [0.4, 0.5) is 5.69 Å². The van der Waals surface area contributed by atoms with Crippen LogP contribution >= 0.6 is 11.3 Å². The first-order valence-corrected chi connectivity index (χ1v) is 7.84. The van der Waals surface area contributed by atoms with Crippen molar-refractivity contribution >= 4 is 27.0 Å². The Kier molecular flexibility index (Phi) is 3.70. The number of hydrogen-bond donors (Lipinski definition) is 2. The Balaban J connectivity index is 2.20. The molecule has 1 aromatic heterocycles. The van der Waals surface area contributed by atoms with Gasteiger partial charge in [0.25, 0.3) is 0 Å². The van der Waals surface area contributed by atoms with Crippen LogP contribution in [0.25, 0.3) is 0 Å². The van der Waals surface area contributed by atoms with Gasteiger partial charge in [-0.3, -0.25) is 0 Å². The van der Waals surface area contributed by atoms with Crippen LogP contribution in [0, 0.1) is 6.92 Å². The predicted molar refractivity (Wildman–Crippen MR) is 74.2 cm³/mol. The highest BCUT2D eigenvalue weighted by Crippen LogP contribution is 2.19. The molecule has 0 unspecified atom stereocenters. The molecule has 2 rings (SSSR count). The maximum absolute atomic E-state index is 11.4. The van der Waals surface area contributed by atoms with Gasteiger partial charge >= 0.3 is 0 Å². The van der Waals surface area contributed by atoms with E-state index >= 15 is 0 Å². The third kappa shape index (κ3) is 3.10. The van der Waals surface area contributed by atoms with E-state index in [0.717, 1.165) is 11.3 Å². The Bertz CT molecular complexity index is 634. The Morgan fingerprint density at radius 1 is 1.33 bits per heavy atom. The molecule has 6 heteroatoms. The maximum atomic E-state index is 11.4. The largest absolute Gasteiger partial charge is 0.381 e. The van der Waals surface area contributed by atoms with Crippen LogP contribution in [-0.2, 0) is 16.6 Å². The lowest BCUT2D eigenvalue weighted by atomic mass is 10.2. The quantitative estimate of drug-likeness (QED) is 0.904. The molecule has 0 bridgehead atoms. The number of sulfonamides is 1. The number of aryl methyl sites for hydroxylation is 1. The summed E-state index contributed by atoms with van der Waals surface area (Å²) in [7, 11) is -3.67. The smallest absolute Gasteiger partial charge is 0.238 e. The SMILES string of the molecule is Cc1ccc(NCc2ccsc2)cc1S(N)(=O)=O. The minimum atomic E-state index is -3.67. The number of benzene rings is 1. The second-order valence-corrected chi connectivity index (χ2v) is 6.32. The highest BCUT2D eigenvalue weighted by molar-refractivity contribution is 7.89. The zero-order valence-corrected chi connectivity index (χ0v) is 11.5. The highest BCUT2D eigenvalue weighted by Gasteiger charge is 2.11. The van der Waals surface area contributed by atoms with E-state index in [1.54, 1.807) is 30.4 Å². The lowest BCUT2D eigenvalue weighted by Crippen LogP contribution is -2.14. The van der Waals surface area contributed by atoms with Gasteiger partial charge in [0.15, 0.2) is 0 Å². The second kappa shape index (κ2) is 5.09. The van der Waals surface area contributed by atoms with Crippen molar-refractivity contribution in [2.24, 2.45) is 5.14 Å². The Morgan fingerprint density at radius 3 is 2.72 bits per heavy atom. The van der Waals surface area contributed by atoms with Gasteiger partial charge in [-0.05, 0) is 47.0 Å². The molecule has 0 aliphatic carbocycles. The molecule has 0 saturated heterocycles. The van der Waals surface area contributed by atoms with Gasteiger partial charge < -0.3 is 5.32 Å². The molecular formula is C12H14N2O2S2. The van der Waals surface area contributed by atoms with Crippen LogP contribution in [-0.4, -0.2) is 8.42 Å². The van der Waals surface area contributed by atoms with Gasteiger partial charge in [-0.1, -0.05) is 6.07 Å². The van der Waals surface area contributed by atoms with Crippen molar-refractivity contribution in [1.29, 1.82) is 0 Å². The van der Waals surface area contributed by atoms with E-state index in [9.17, 15) is 8.42 Å². The Morgan fingerprint density at radius 2 is 2.11 bits per heavy atom. The molecule has 0 amide bonds. The number of primary sulfonamides is 1. The molecule has 0 aliphatic rings. The zero-order valence-electron chi connectivity index (χ0n) is 9.88. The van der Waals surface area contributed by atoms with E-state index in [0.29, 0.717) is 12.1 Å². The maximum Gasteiger partial charge on any atom is 0.238 e. The molecule has 1 heterocycles.